The van der Waals surface area contributed by atoms with Crippen molar-refractivity contribution in [1.82, 2.24) is 0 Å². The molecule has 1 unspecified atom stereocenters. The van der Waals surface area contributed by atoms with Crippen molar-refractivity contribution in [2.24, 2.45) is 5.92 Å². The molecule has 1 aliphatic carbocycles. The standard InChI is InChI=1S/C21H38Cl2O2/c22-21(23)18-14-13-16-19(21)15-11-9-7-5-3-1-2-4-6-8-10-12-17-20(24)25/h19H,1-18H2,(H,24,25). The predicted molar refractivity (Wildman–Crippen MR) is 109 cm³/mol. The average Bonchev–Trinajstić information content (AvgIpc) is 2.56. The van der Waals surface area contributed by atoms with Gasteiger partial charge in [-0.05, 0) is 31.6 Å². The van der Waals surface area contributed by atoms with Crippen LogP contribution in [0.3, 0.4) is 0 Å². The van der Waals surface area contributed by atoms with Gasteiger partial charge in [0.25, 0.3) is 0 Å². The summed E-state index contributed by atoms with van der Waals surface area (Å²) in [6.07, 6.45) is 21.2. The van der Waals surface area contributed by atoms with E-state index in [-0.39, 0.29) is 0 Å². The average molecular weight is 393 g/mol. The number of carbonyl (C=O) groups is 1. The second-order valence-electron chi connectivity index (χ2n) is 7.88. The molecule has 1 saturated carbocycles. The lowest BCUT2D eigenvalue weighted by atomic mass is 9.84. The molecule has 0 radical (unpaired) electrons. The minimum Gasteiger partial charge on any atom is -0.481 e. The number of rotatable bonds is 15. The van der Waals surface area contributed by atoms with Crippen LogP contribution >= 0.6 is 23.2 Å². The van der Waals surface area contributed by atoms with E-state index in [0.29, 0.717) is 12.3 Å². The summed E-state index contributed by atoms with van der Waals surface area (Å²) in [6, 6.07) is 0. The van der Waals surface area contributed by atoms with Gasteiger partial charge in [0.1, 0.15) is 4.33 Å². The molecule has 1 N–H and O–H groups in total. The Balaban J connectivity index is 1.79. The van der Waals surface area contributed by atoms with Gasteiger partial charge in [-0.15, -0.1) is 23.2 Å². The van der Waals surface area contributed by atoms with Crippen LogP contribution in [0.4, 0.5) is 0 Å². The summed E-state index contributed by atoms with van der Waals surface area (Å²) in [5.41, 5.74) is 0. The van der Waals surface area contributed by atoms with Crippen molar-refractivity contribution in [2.45, 2.75) is 120 Å². The number of hydrogen-bond acceptors (Lipinski definition) is 1. The molecule has 4 heteroatoms. The monoisotopic (exact) mass is 392 g/mol. The molecule has 2 nitrogen and oxygen atoms in total. The van der Waals surface area contributed by atoms with Crippen LogP contribution in [0.25, 0.3) is 0 Å². The van der Waals surface area contributed by atoms with Crippen LogP contribution in [0.1, 0.15) is 116 Å². The topological polar surface area (TPSA) is 37.3 Å². The molecular weight excluding hydrogens is 355 g/mol. The molecule has 148 valence electrons. The molecule has 0 saturated heterocycles. The molecule has 1 atom stereocenters. The second-order valence-corrected chi connectivity index (χ2v) is 9.42. The molecule has 0 amide bonds. The normalized spacial score (nSPS) is 19.8. The van der Waals surface area contributed by atoms with Gasteiger partial charge in [0.15, 0.2) is 0 Å². The molecule has 0 aliphatic heterocycles. The number of carboxylic acid groups (broad SMARTS) is 1. The third-order valence-electron chi connectivity index (χ3n) is 5.60. The van der Waals surface area contributed by atoms with Gasteiger partial charge >= 0.3 is 5.97 Å². The largest absolute Gasteiger partial charge is 0.481 e. The molecule has 0 aromatic rings. The summed E-state index contributed by atoms with van der Waals surface area (Å²) >= 11 is 12.9. The Labute approximate surface area is 165 Å². The Bertz CT molecular complexity index is 345. The molecule has 0 aromatic heterocycles. The Hall–Kier alpha value is 0.0500. The minimum absolute atomic E-state index is 0.331. The highest BCUT2D eigenvalue weighted by molar-refractivity contribution is 6.48. The predicted octanol–water partition coefficient (Wildman–Crippen LogP) is 7.90. The lowest BCUT2D eigenvalue weighted by Gasteiger charge is -2.34. The Kier molecular flexibility index (Phi) is 13.1. The zero-order valence-corrected chi connectivity index (χ0v) is 17.4. The van der Waals surface area contributed by atoms with E-state index in [1.54, 1.807) is 0 Å². The first-order valence-electron chi connectivity index (χ1n) is 10.6. The van der Waals surface area contributed by atoms with Gasteiger partial charge in [0, 0.05) is 6.42 Å². The molecular formula is C21H38Cl2O2. The summed E-state index contributed by atoms with van der Waals surface area (Å²) < 4.78 is -0.453. The zero-order chi connectivity index (χ0) is 18.4. The van der Waals surface area contributed by atoms with Gasteiger partial charge in [0.2, 0.25) is 0 Å². The maximum Gasteiger partial charge on any atom is 0.303 e. The molecule has 25 heavy (non-hydrogen) atoms. The van der Waals surface area contributed by atoms with Crippen LogP contribution in [0, 0.1) is 5.92 Å². The van der Waals surface area contributed by atoms with E-state index in [1.807, 2.05) is 0 Å². The van der Waals surface area contributed by atoms with Crippen LogP contribution in [0.5, 0.6) is 0 Å². The zero-order valence-electron chi connectivity index (χ0n) is 15.9. The van der Waals surface area contributed by atoms with Crippen molar-refractivity contribution in [3.05, 3.63) is 0 Å². The number of carboxylic acids is 1. The molecule has 1 rings (SSSR count). The fraction of sp³-hybridized carbons (Fsp3) is 0.952. The van der Waals surface area contributed by atoms with E-state index in [2.05, 4.69) is 0 Å². The van der Waals surface area contributed by atoms with Crippen LogP contribution in [0.15, 0.2) is 0 Å². The number of halogens is 2. The van der Waals surface area contributed by atoms with Crippen LogP contribution in [-0.4, -0.2) is 15.4 Å². The van der Waals surface area contributed by atoms with Gasteiger partial charge in [-0.25, -0.2) is 0 Å². The van der Waals surface area contributed by atoms with Crippen LogP contribution in [0.2, 0.25) is 0 Å². The van der Waals surface area contributed by atoms with Gasteiger partial charge in [0.05, 0.1) is 0 Å². The molecule has 0 bridgehead atoms. The molecule has 0 heterocycles. The van der Waals surface area contributed by atoms with Crippen LogP contribution < -0.4 is 0 Å². The Morgan fingerprint density at radius 1 is 0.800 bits per heavy atom. The number of unbranched alkanes of at least 4 members (excludes halogenated alkanes) is 11. The number of aliphatic carboxylic acids is 1. The third kappa shape index (κ3) is 12.1. The Morgan fingerprint density at radius 2 is 1.28 bits per heavy atom. The van der Waals surface area contributed by atoms with E-state index in [4.69, 9.17) is 28.3 Å². The first-order valence-corrected chi connectivity index (χ1v) is 11.4. The van der Waals surface area contributed by atoms with Gasteiger partial charge in [-0.2, -0.15) is 0 Å². The molecule has 0 aromatic carbocycles. The van der Waals surface area contributed by atoms with Gasteiger partial charge in [-0.3, -0.25) is 4.79 Å². The first-order chi connectivity index (χ1) is 12.0. The van der Waals surface area contributed by atoms with Crippen molar-refractivity contribution >= 4 is 29.2 Å². The van der Waals surface area contributed by atoms with Crippen molar-refractivity contribution in [3.63, 3.8) is 0 Å². The SMILES string of the molecule is O=C(O)CCCCCCCCCCCCCCC1CCCCC1(Cl)Cl. The second kappa shape index (κ2) is 14.2. The van der Waals surface area contributed by atoms with E-state index >= 15 is 0 Å². The summed E-state index contributed by atoms with van der Waals surface area (Å²) in [4.78, 5) is 10.4. The van der Waals surface area contributed by atoms with E-state index in [0.717, 1.165) is 19.3 Å². The van der Waals surface area contributed by atoms with E-state index in [9.17, 15) is 4.79 Å². The summed E-state index contributed by atoms with van der Waals surface area (Å²) in [7, 11) is 0. The summed E-state index contributed by atoms with van der Waals surface area (Å²) in [6.45, 7) is 0. The minimum atomic E-state index is -0.664. The lowest BCUT2D eigenvalue weighted by Crippen LogP contribution is -2.29. The van der Waals surface area contributed by atoms with Crippen molar-refractivity contribution in [1.29, 1.82) is 0 Å². The number of hydrogen-bond donors (Lipinski definition) is 1. The Morgan fingerprint density at radius 3 is 1.76 bits per heavy atom. The van der Waals surface area contributed by atoms with Crippen molar-refractivity contribution < 1.29 is 9.90 Å². The fourth-order valence-electron chi connectivity index (χ4n) is 3.96. The number of alkyl halides is 2. The van der Waals surface area contributed by atoms with Crippen LogP contribution in [-0.2, 0) is 4.79 Å². The van der Waals surface area contributed by atoms with Crippen molar-refractivity contribution in [2.75, 3.05) is 0 Å². The molecule has 1 fully saturated rings. The highest BCUT2D eigenvalue weighted by atomic mass is 35.5. The highest BCUT2D eigenvalue weighted by Crippen LogP contribution is 2.44. The van der Waals surface area contributed by atoms with Gasteiger partial charge < -0.3 is 5.11 Å². The summed E-state index contributed by atoms with van der Waals surface area (Å²) in [5.74, 6) is -0.150. The fourth-order valence-corrected chi connectivity index (χ4v) is 4.66. The molecule has 1 aliphatic rings. The third-order valence-corrected chi connectivity index (χ3v) is 6.60. The summed E-state index contributed by atoms with van der Waals surface area (Å²) in [5, 5.41) is 8.57. The maximum atomic E-state index is 10.4. The van der Waals surface area contributed by atoms with E-state index in [1.165, 1.54) is 89.9 Å². The smallest absolute Gasteiger partial charge is 0.303 e. The maximum absolute atomic E-state index is 10.4. The van der Waals surface area contributed by atoms with Crippen molar-refractivity contribution in [3.8, 4) is 0 Å². The lowest BCUT2D eigenvalue weighted by molar-refractivity contribution is -0.137. The van der Waals surface area contributed by atoms with E-state index < -0.39 is 10.3 Å². The molecule has 0 spiro atoms. The highest BCUT2D eigenvalue weighted by Gasteiger charge is 2.36. The quantitative estimate of drug-likeness (QED) is 0.227. The van der Waals surface area contributed by atoms with Gasteiger partial charge in [-0.1, -0.05) is 83.5 Å². The first kappa shape index (κ1) is 23.1.